The van der Waals surface area contributed by atoms with Crippen LogP contribution in [-0.4, -0.2) is 73.7 Å². The van der Waals surface area contributed by atoms with E-state index in [0.29, 0.717) is 0 Å². The normalized spacial score (nSPS) is 11.9. The quantitative estimate of drug-likeness (QED) is 0.401. The minimum absolute atomic E-state index is 0. The van der Waals surface area contributed by atoms with Crippen LogP contribution in [0.3, 0.4) is 0 Å². The second kappa shape index (κ2) is 14.0. The van der Waals surface area contributed by atoms with E-state index in [4.69, 9.17) is 11.5 Å². The molecule has 0 radical (unpaired) electrons. The summed E-state index contributed by atoms with van der Waals surface area (Å²) in [6, 6.07) is -2.42. The maximum absolute atomic E-state index is 9.86. The third-order valence-electron chi connectivity index (χ3n) is 1.92. The standard InChI is InChI=1S/2C5H9NO4.Ca/c2*6-3(5(9)10)1-2-4(7)8;/h2*3H,1-2,6H2,(H,7,8)(H,9,10);/q;;+2/p-4. The average Bonchev–Trinajstić information content (AvgIpc) is 2.33. The van der Waals surface area contributed by atoms with Crippen LogP contribution < -0.4 is 31.9 Å². The molecule has 0 fully saturated rings. The number of aliphatic carboxylic acids is 4. The fourth-order valence-corrected chi connectivity index (χ4v) is 0.782. The van der Waals surface area contributed by atoms with Crippen LogP contribution in [0.2, 0.25) is 0 Å². The van der Waals surface area contributed by atoms with Crippen LogP contribution in [-0.2, 0) is 19.2 Å². The van der Waals surface area contributed by atoms with Crippen molar-refractivity contribution in [2.24, 2.45) is 11.5 Å². The zero-order valence-electron chi connectivity index (χ0n) is 11.1. The Morgan fingerprint density at radius 3 is 1.10 bits per heavy atom. The Morgan fingerprint density at radius 1 is 0.714 bits per heavy atom. The molecule has 0 amide bonds. The van der Waals surface area contributed by atoms with Gasteiger partial charge in [-0.05, 0) is 25.7 Å². The first-order valence-corrected chi connectivity index (χ1v) is 5.40. The molecule has 4 N–H and O–H groups in total. The smallest absolute Gasteiger partial charge is 0.550 e. The van der Waals surface area contributed by atoms with Gasteiger partial charge >= 0.3 is 37.7 Å². The second-order valence-corrected chi connectivity index (χ2v) is 3.67. The van der Waals surface area contributed by atoms with Crippen molar-refractivity contribution in [3.8, 4) is 0 Å². The number of carbonyl (C=O) groups excluding carboxylic acids is 4. The van der Waals surface area contributed by atoms with Gasteiger partial charge in [-0.2, -0.15) is 0 Å². The number of carboxylic acids is 4. The van der Waals surface area contributed by atoms with Crippen molar-refractivity contribution in [2.45, 2.75) is 37.8 Å². The van der Waals surface area contributed by atoms with Gasteiger partial charge in [0.05, 0.1) is 11.9 Å². The van der Waals surface area contributed by atoms with E-state index in [1.165, 1.54) is 0 Å². The number of carboxylic acid groups (broad SMARTS) is 4. The van der Waals surface area contributed by atoms with Crippen molar-refractivity contribution in [1.82, 2.24) is 0 Å². The third-order valence-corrected chi connectivity index (χ3v) is 1.92. The van der Waals surface area contributed by atoms with Crippen LogP contribution >= 0.6 is 0 Å². The van der Waals surface area contributed by atoms with Gasteiger partial charge in [-0.1, -0.05) is 0 Å². The Labute approximate surface area is 150 Å². The van der Waals surface area contributed by atoms with Crippen LogP contribution in [0, 0.1) is 0 Å². The van der Waals surface area contributed by atoms with Gasteiger partial charge in [0.2, 0.25) is 0 Å². The molecule has 116 valence electrons. The molecule has 0 aliphatic rings. The van der Waals surface area contributed by atoms with Crippen molar-refractivity contribution in [3.63, 3.8) is 0 Å². The number of nitrogens with two attached hydrogens (primary N) is 2. The molecule has 0 aromatic heterocycles. The molecule has 0 aliphatic carbocycles. The van der Waals surface area contributed by atoms with Gasteiger partial charge in [-0.25, -0.2) is 0 Å². The third kappa shape index (κ3) is 19.1. The Bertz CT molecular complexity index is 329. The van der Waals surface area contributed by atoms with Crippen LogP contribution in [0.4, 0.5) is 0 Å². The summed E-state index contributed by atoms with van der Waals surface area (Å²) in [4.78, 5) is 39.2. The molecule has 2 atom stereocenters. The van der Waals surface area contributed by atoms with Gasteiger partial charge in [-0.15, -0.1) is 0 Å². The van der Waals surface area contributed by atoms with Crippen molar-refractivity contribution in [1.29, 1.82) is 0 Å². The minimum atomic E-state index is -1.44. The second-order valence-electron chi connectivity index (χ2n) is 3.67. The summed E-state index contributed by atoms with van der Waals surface area (Å²) < 4.78 is 0. The molecule has 0 saturated carbocycles. The van der Waals surface area contributed by atoms with Crippen molar-refractivity contribution in [2.75, 3.05) is 0 Å². The Hall–Kier alpha value is -0.940. The fraction of sp³-hybridized carbons (Fsp3) is 0.600. The van der Waals surface area contributed by atoms with Gasteiger partial charge in [0.1, 0.15) is 0 Å². The summed E-state index contributed by atoms with van der Waals surface area (Å²) in [5, 5.41) is 39.2. The van der Waals surface area contributed by atoms with E-state index >= 15 is 0 Å². The van der Waals surface area contributed by atoms with E-state index in [2.05, 4.69) is 0 Å². The van der Waals surface area contributed by atoms with E-state index in [-0.39, 0.29) is 63.4 Å². The van der Waals surface area contributed by atoms with Crippen molar-refractivity contribution < 1.29 is 39.6 Å². The molecule has 2 unspecified atom stereocenters. The molecule has 0 saturated heterocycles. The molecule has 0 spiro atoms. The van der Waals surface area contributed by atoms with Gasteiger partial charge in [-0.3, -0.25) is 0 Å². The Morgan fingerprint density at radius 2 is 0.952 bits per heavy atom. The summed E-state index contributed by atoms with van der Waals surface area (Å²) in [5.41, 5.74) is 9.82. The van der Waals surface area contributed by atoms with E-state index in [1.807, 2.05) is 0 Å². The van der Waals surface area contributed by atoms with Gasteiger partial charge in [0, 0.05) is 24.0 Å². The molecule has 0 rings (SSSR count). The first-order valence-electron chi connectivity index (χ1n) is 5.40. The summed E-state index contributed by atoms with van der Waals surface area (Å²) in [7, 11) is 0. The predicted molar refractivity (Wildman–Crippen MR) is 60.2 cm³/mol. The monoisotopic (exact) mass is 330 g/mol. The van der Waals surface area contributed by atoms with Crippen LogP contribution in [0.1, 0.15) is 25.7 Å². The molecule has 0 aromatic carbocycles. The summed E-state index contributed by atoms with van der Waals surface area (Å²) in [6.07, 6.45) is -1.00. The van der Waals surface area contributed by atoms with E-state index < -0.39 is 36.0 Å². The average molecular weight is 330 g/mol. The summed E-state index contributed by atoms with van der Waals surface area (Å²) in [5.74, 6) is -5.50. The van der Waals surface area contributed by atoms with Gasteiger partial charge in [0.25, 0.3) is 0 Å². The molecule has 0 aromatic rings. The van der Waals surface area contributed by atoms with Gasteiger partial charge in [0.15, 0.2) is 0 Å². The first kappa shape index (κ1) is 25.0. The number of hydrogen-bond donors (Lipinski definition) is 2. The van der Waals surface area contributed by atoms with E-state index in [0.717, 1.165) is 0 Å². The molecule has 0 bridgehead atoms. The number of rotatable bonds is 8. The molecule has 21 heavy (non-hydrogen) atoms. The zero-order chi connectivity index (χ0) is 16.3. The maximum atomic E-state index is 9.86. The summed E-state index contributed by atoms with van der Waals surface area (Å²) in [6.45, 7) is 0. The number of carbonyl (C=O) groups is 4. The molecule has 0 aliphatic heterocycles. The van der Waals surface area contributed by atoms with Crippen LogP contribution in [0.25, 0.3) is 0 Å². The SMILES string of the molecule is NC(CCC(=O)[O-])C(=O)[O-].NC(CCC(=O)[O-])C(=O)[O-].[Ca+2]. The fourth-order valence-electron chi connectivity index (χ4n) is 0.782. The van der Waals surface area contributed by atoms with E-state index in [1.54, 1.807) is 0 Å². The van der Waals surface area contributed by atoms with Crippen LogP contribution in [0.5, 0.6) is 0 Å². The first-order chi connectivity index (χ1) is 9.07. The number of hydrogen-bond acceptors (Lipinski definition) is 10. The largest absolute Gasteiger partial charge is 2.00 e. The Kier molecular flexibility index (Phi) is 16.7. The molecular weight excluding hydrogens is 316 g/mol. The molecular formula is C10H14CaN2O8-2. The Balaban J connectivity index is -0.000000295. The summed E-state index contributed by atoms with van der Waals surface area (Å²) >= 11 is 0. The zero-order valence-corrected chi connectivity index (χ0v) is 13.3. The van der Waals surface area contributed by atoms with E-state index in [9.17, 15) is 39.6 Å². The molecule has 11 heteroatoms. The van der Waals surface area contributed by atoms with Crippen molar-refractivity contribution in [3.05, 3.63) is 0 Å². The van der Waals surface area contributed by atoms with Crippen LogP contribution in [0.15, 0.2) is 0 Å². The molecule has 10 nitrogen and oxygen atoms in total. The predicted octanol–water partition coefficient (Wildman–Crippen LogP) is -7.19. The topological polar surface area (TPSA) is 213 Å². The minimum Gasteiger partial charge on any atom is -0.550 e. The van der Waals surface area contributed by atoms with Crippen molar-refractivity contribution >= 4 is 61.6 Å². The van der Waals surface area contributed by atoms with Gasteiger partial charge < -0.3 is 51.1 Å². The maximum Gasteiger partial charge on any atom is 2.00 e. The molecule has 0 heterocycles.